The van der Waals surface area contributed by atoms with E-state index in [2.05, 4.69) is 10.6 Å². The molecule has 2 heterocycles. The first kappa shape index (κ1) is 12.1. The van der Waals surface area contributed by atoms with Crippen LogP contribution in [0.3, 0.4) is 0 Å². The first-order valence-electron chi connectivity index (χ1n) is 6.45. The highest BCUT2D eigenvalue weighted by Crippen LogP contribution is 2.34. The number of nitrogens with zero attached hydrogens (tertiary/aromatic N) is 1. The van der Waals surface area contributed by atoms with Gasteiger partial charge in [-0.25, -0.2) is 0 Å². The number of hydrogen-bond acceptors (Lipinski definition) is 4. The predicted molar refractivity (Wildman–Crippen MR) is 69.8 cm³/mol. The molecule has 3 unspecified atom stereocenters. The number of non-ortho nitro benzene ring substituents is 1. The van der Waals surface area contributed by atoms with Gasteiger partial charge in [-0.2, -0.15) is 0 Å². The van der Waals surface area contributed by atoms with Crippen LogP contribution in [0.25, 0.3) is 0 Å². The van der Waals surface area contributed by atoms with Gasteiger partial charge in [0, 0.05) is 29.9 Å². The van der Waals surface area contributed by atoms with E-state index >= 15 is 0 Å². The van der Waals surface area contributed by atoms with E-state index in [1.807, 2.05) is 0 Å². The van der Waals surface area contributed by atoms with Crippen molar-refractivity contribution in [3.63, 3.8) is 0 Å². The summed E-state index contributed by atoms with van der Waals surface area (Å²) < 4.78 is 0. The monoisotopic (exact) mass is 261 g/mol. The molecule has 2 saturated heterocycles. The van der Waals surface area contributed by atoms with Gasteiger partial charge in [-0.15, -0.1) is 0 Å². The number of nitrogens with one attached hydrogen (secondary N) is 2. The SMILES string of the molecule is O=C(Nc1cccc([N+](=O)[O-])c1)C1CC2CCC1N2. The van der Waals surface area contributed by atoms with Gasteiger partial charge in [0.15, 0.2) is 0 Å². The van der Waals surface area contributed by atoms with E-state index in [0.717, 1.165) is 19.3 Å². The Morgan fingerprint density at radius 2 is 2.26 bits per heavy atom. The summed E-state index contributed by atoms with van der Waals surface area (Å²) in [5, 5.41) is 16.9. The van der Waals surface area contributed by atoms with Crippen molar-refractivity contribution < 1.29 is 9.72 Å². The second kappa shape index (κ2) is 4.62. The Morgan fingerprint density at radius 1 is 1.42 bits per heavy atom. The van der Waals surface area contributed by atoms with Crippen LogP contribution in [-0.2, 0) is 4.79 Å². The Bertz CT molecular complexity index is 532. The Balaban J connectivity index is 1.69. The molecule has 2 N–H and O–H groups in total. The van der Waals surface area contributed by atoms with Crippen molar-refractivity contribution in [3.8, 4) is 0 Å². The van der Waals surface area contributed by atoms with E-state index < -0.39 is 4.92 Å². The first-order valence-corrected chi connectivity index (χ1v) is 6.45. The van der Waals surface area contributed by atoms with Crippen LogP contribution in [0.15, 0.2) is 24.3 Å². The summed E-state index contributed by atoms with van der Waals surface area (Å²) in [6.45, 7) is 0. The number of nitro benzene ring substituents is 1. The number of carbonyl (C=O) groups excluding carboxylic acids is 1. The molecular weight excluding hydrogens is 246 g/mol. The summed E-state index contributed by atoms with van der Waals surface area (Å²) in [6.07, 6.45) is 3.05. The molecule has 2 aliphatic heterocycles. The maximum absolute atomic E-state index is 12.2. The van der Waals surface area contributed by atoms with Crippen molar-refractivity contribution in [2.75, 3.05) is 5.32 Å². The van der Waals surface area contributed by atoms with Gasteiger partial charge in [-0.3, -0.25) is 14.9 Å². The van der Waals surface area contributed by atoms with E-state index in [0.29, 0.717) is 11.7 Å². The lowest BCUT2D eigenvalue weighted by atomic mass is 9.88. The van der Waals surface area contributed by atoms with Crippen LogP contribution in [0.1, 0.15) is 19.3 Å². The van der Waals surface area contributed by atoms with Gasteiger partial charge in [0.1, 0.15) is 0 Å². The van der Waals surface area contributed by atoms with Crippen LogP contribution in [0, 0.1) is 16.0 Å². The summed E-state index contributed by atoms with van der Waals surface area (Å²) in [5.41, 5.74) is 0.478. The molecule has 6 nitrogen and oxygen atoms in total. The van der Waals surface area contributed by atoms with Crippen LogP contribution in [0.4, 0.5) is 11.4 Å². The highest BCUT2D eigenvalue weighted by molar-refractivity contribution is 5.93. The fraction of sp³-hybridized carbons (Fsp3) is 0.462. The molecule has 1 amide bonds. The van der Waals surface area contributed by atoms with Crippen LogP contribution in [0.5, 0.6) is 0 Å². The molecular formula is C13H15N3O3. The number of rotatable bonds is 3. The summed E-state index contributed by atoms with van der Waals surface area (Å²) in [6, 6.07) is 6.78. The molecule has 3 rings (SSSR count). The number of hydrogen-bond donors (Lipinski definition) is 2. The zero-order chi connectivity index (χ0) is 13.4. The summed E-state index contributed by atoms with van der Waals surface area (Å²) in [7, 11) is 0. The number of fused-ring (bicyclic) bond motifs is 2. The zero-order valence-electron chi connectivity index (χ0n) is 10.3. The van der Waals surface area contributed by atoms with Crippen molar-refractivity contribution in [2.45, 2.75) is 31.3 Å². The van der Waals surface area contributed by atoms with E-state index in [4.69, 9.17) is 0 Å². The molecule has 0 spiro atoms. The van der Waals surface area contributed by atoms with Gasteiger partial charge in [0.05, 0.1) is 10.8 Å². The fourth-order valence-electron chi connectivity index (χ4n) is 3.05. The predicted octanol–water partition coefficient (Wildman–Crippen LogP) is 1.67. The topological polar surface area (TPSA) is 84.3 Å². The van der Waals surface area contributed by atoms with E-state index in [1.165, 1.54) is 12.1 Å². The summed E-state index contributed by atoms with van der Waals surface area (Å²) in [5.74, 6) is -0.0572. The molecule has 6 heteroatoms. The third kappa shape index (κ3) is 2.31. The molecule has 2 bridgehead atoms. The number of nitro groups is 1. The minimum absolute atomic E-state index is 0.0103. The molecule has 19 heavy (non-hydrogen) atoms. The third-order valence-corrected chi connectivity index (χ3v) is 3.96. The van der Waals surface area contributed by atoms with Crippen LogP contribution in [0.2, 0.25) is 0 Å². The van der Waals surface area contributed by atoms with Crippen LogP contribution < -0.4 is 10.6 Å². The molecule has 100 valence electrons. The molecule has 1 aromatic rings. The van der Waals surface area contributed by atoms with Gasteiger partial charge in [0.2, 0.25) is 5.91 Å². The normalized spacial score (nSPS) is 28.3. The summed E-state index contributed by atoms with van der Waals surface area (Å²) >= 11 is 0. The van der Waals surface area contributed by atoms with Crippen molar-refractivity contribution in [1.82, 2.24) is 5.32 Å². The molecule has 2 fully saturated rings. The largest absolute Gasteiger partial charge is 0.326 e. The van der Waals surface area contributed by atoms with E-state index in [-0.39, 0.29) is 23.6 Å². The molecule has 0 aliphatic carbocycles. The molecule has 1 aromatic carbocycles. The lowest BCUT2D eigenvalue weighted by molar-refractivity contribution is -0.384. The average molecular weight is 261 g/mol. The number of benzene rings is 1. The van der Waals surface area contributed by atoms with Crippen molar-refractivity contribution in [3.05, 3.63) is 34.4 Å². The standard InChI is InChI=1S/C13H15N3O3/c17-13(11-7-9-4-5-12(11)14-9)15-8-2-1-3-10(6-8)16(18)19/h1-3,6,9,11-12,14H,4-5,7H2,(H,15,17). The average Bonchev–Trinajstić information content (AvgIpc) is 3.01. The van der Waals surface area contributed by atoms with Gasteiger partial charge in [-0.1, -0.05) is 6.07 Å². The number of carbonyl (C=O) groups is 1. The molecule has 0 radical (unpaired) electrons. The minimum atomic E-state index is -0.464. The molecule has 0 aromatic heterocycles. The van der Waals surface area contributed by atoms with E-state index in [1.54, 1.807) is 12.1 Å². The lowest BCUT2D eigenvalue weighted by Crippen LogP contribution is -2.32. The second-order valence-corrected chi connectivity index (χ2v) is 5.19. The highest BCUT2D eigenvalue weighted by Gasteiger charge is 2.42. The maximum Gasteiger partial charge on any atom is 0.271 e. The van der Waals surface area contributed by atoms with Gasteiger partial charge in [0.25, 0.3) is 5.69 Å². The quantitative estimate of drug-likeness (QED) is 0.640. The molecule has 3 atom stereocenters. The first-order chi connectivity index (χ1) is 9.13. The Morgan fingerprint density at radius 3 is 2.89 bits per heavy atom. The zero-order valence-corrected chi connectivity index (χ0v) is 10.3. The summed E-state index contributed by atoms with van der Waals surface area (Å²) in [4.78, 5) is 22.4. The second-order valence-electron chi connectivity index (χ2n) is 5.19. The van der Waals surface area contributed by atoms with Crippen LogP contribution in [-0.4, -0.2) is 22.9 Å². The van der Waals surface area contributed by atoms with Crippen molar-refractivity contribution in [1.29, 1.82) is 0 Å². The van der Waals surface area contributed by atoms with Crippen molar-refractivity contribution >= 4 is 17.3 Å². The van der Waals surface area contributed by atoms with Crippen LogP contribution >= 0.6 is 0 Å². The van der Waals surface area contributed by atoms with Crippen molar-refractivity contribution in [2.24, 2.45) is 5.92 Å². The Kier molecular flexibility index (Phi) is 2.94. The highest BCUT2D eigenvalue weighted by atomic mass is 16.6. The smallest absolute Gasteiger partial charge is 0.271 e. The minimum Gasteiger partial charge on any atom is -0.326 e. The Hall–Kier alpha value is -1.95. The molecule has 0 saturated carbocycles. The van der Waals surface area contributed by atoms with Gasteiger partial charge < -0.3 is 10.6 Å². The Labute approximate surface area is 110 Å². The third-order valence-electron chi connectivity index (χ3n) is 3.96. The molecule has 2 aliphatic rings. The van der Waals surface area contributed by atoms with E-state index in [9.17, 15) is 14.9 Å². The fourth-order valence-corrected chi connectivity index (χ4v) is 3.05. The lowest BCUT2D eigenvalue weighted by Gasteiger charge is -2.19. The maximum atomic E-state index is 12.2. The van der Waals surface area contributed by atoms with Gasteiger partial charge in [-0.05, 0) is 25.3 Å². The van der Waals surface area contributed by atoms with Gasteiger partial charge >= 0.3 is 0 Å². The number of amides is 1. The number of anilines is 1.